The Kier molecular flexibility index (Phi) is 5.15. The molecule has 2 atom stereocenters. The Morgan fingerprint density at radius 2 is 1.86 bits per heavy atom. The highest BCUT2D eigenvalue weighted by atomic mass is 16.5. The number of rotatable bonds is 4. The van der Waals surface area contributed by atoms with E-state index >= 15 is 0 Å². The Labute approximate surface area is 164 Å². The molecule has 6 nitrogen and oxygen atoms in total. The first-order valence-corrected chi connectivity index (χ1v) is 9.55. The predicted octanol–water partition coefficient (Wildman–Crippen LogP) is 1.36. The third-order valence-corrected chi connectivity index (χ3v) is 5.69. The molecule has 146 valence electrons. The molecule has 2 aromatic carbocycles. The Hall–Kier alpha value is -2.70. The van der Waals surface area contributed by atoms with Crippen molar-refractivity contribution in [2.24, 2.45) is 0 Å². The molecule has 2 heterocycles. The normalized spacial score (nSPS) is 24.4. The van der Waals surface area contributed by atoms with Crippen molar-refractivity contribution < 1.29 is 19.4 Å². The number of hydrogen-bond donors (Lipinski definition) is 2. The lowest BCUT2D eigenvalue weighted by Gasteiger charge is -2.50. The molecule has 2 aromatic rings. The van der Waals surface area contributed by atoms with Crippen molar-refractivity contribution in [3.63, 3.8) is 0 Å². The lowest BCUT2D eigenvalue weighted by Crippen LogP contribution is -2.67. The molecule has 6 heteroatoms. The van der Waals surface area contributed by atoms with Crippen molar-refractivity contribution in [3.8, 4) is 0 Å². The molecule has 0 spiro atoms. The molecule has 2 aliphatic rings. The molecule has 0 radical (unpaired) electrons. The number of carbonyl (C=O) groups excluding carboxylic acids is 2. The van der Waals surface area contributed by atoms with Crippen LogP contribution in [0.4, 0.5) is 0 Å². The van der Waals surface area contributed by atoms with Gasteiger partial charge in [-0.25, -0.2) is 0 Å². The van der Waals surface area contributed by atoms with Crippen LogP contribution in [0.5, 0.6) is 0 Å². The number of nitrogens with one attached hydrogen (secondary N) is 1. The number of likely N-dealkylation sites (tertiary alicyclic amines) is 1. The SMILES string of the molecule is O=C1CO[C@@H]2CN(C(=O)Cc3ccc(CO)cc3)CC[C@@]2(c2ccccc2)N1. The summed E-state index contributed by atoms with van der Waals surface area (Å²) in [6.45, 7) is 1.02. The van der Waals surface area contributed by atoms with Crippen LogP contribution in [0.15, 0.2) is 54.6 Å². The van der Waals surface area contributed by atoms with E-state index in [0.29, 0.717) is 25.9 Å². The molecular weight excluding hydrogens is 356 g/mol. The number of nitrogens with zero attached hydrogens (tertiary/aromatic N) is 1. The minimum absolute atomic E-state index is 0.00728. The zero-order chi connectivity index (χ0) is 19.6. The van der Waals surface area contributed by atoms with Gasteiger partial charge in [0.05, 0.1) is 18.6 Å². The topological polar surface area (TPSA) is 78.9 Å². The molecule has 2 N–H and O–H groups in total. The number of hydrogen-bond acceptors (Lipinski definition) is 4. The maximum Gasteiger partial charge on any atom is 0.246 e. The van der Waals surface area contributed by atoms with Crippen LogP contribution in [0.1, 0.15) is 23.1 Å². The van der Waals surface area contributed by atoms with E-state index < -0.39 is 5.54 Å². The lowest BCUT2D eigenvalue weighted by atomic mass is 9.77. The smallest absolute Gasteiger partial charge is 0.246 e. The maximum absolute atomic E-state index is 12.8. The van der Waals surface area contributed by atoms with E-state index in [2.05, 4.69) is 5.32 Å². The number of piperidine rings is 1. The van der Waals surface area contributed by atoms with Crippen LogP contribution in [0.2, 0.25) is 0 Å². The monoisotopic (exact) mass is 380 g/mol. The summed E-state index contributed by atoms with van der Waals surface area (Å²) in [5, 5.41) is 12.3. The fourth-order valence-electron chi connectivity index (χ4n) is 4.13. The summed E-state index contributed by atoms with van der Waals surface area (Å²) in [6, 6.07) is 17.3. The van der Waals surface area contributed by atoms with Crippen molar-refractivity contribution in [3.05, 3.63) is 71.3 Å². The molecule has 0 aromatic heterocycles. The average molecular weight is 380 g/mol. The second kappa shape index (κ2) is 7.73. The lowest BCUT2D eigenvalue weighted by molar-refractivity contribution is -0.157. The fraction of sp³-hybridized carbons (Fsp3) is 0.364. The van der Waals surface area contributed by atoms with Gasteiger partial charge in [0, 0.05) is 13.1 Å². The van der Waals surface area contributed by atoms with Crippen LogP contribution in [0.3, 0.4) is 0 Å². The molecule has 2 aliphatic heterocycles. The van der Waals surface area contributed by atoms with Crippen LogP contribution in [0.25, 0.3) is 0 Å². The second-order valence-corrected chi connectivity index (χ2v) is 7.43. The Morgan fingerprint density at radius 3 is 2.57 bits per heavy atom. The van der Waals surface area contributed by atoms with Gasteiger partial charge in [0.1, 0.15) is 12.7 Å². The number of amides is 2. The van der Waals surface area contributed by atoms with E-state index in [9.17, 15) is 9.59 Å². The van der Waals surface area contributed by atoms with Crippen molar-refractivity contribution in [1.29, 1.82) is 0 Å². The molecule has 0 unspecified atom stereocenters. The number of benzene rings is 2. The Morgan fingerprint density at radius 1 is 1.14 bits per heavy atom. The van der Waals surface area contributed by atoms with Crippen LogP contribution >= 0.6 is 0 Å². The van der Waals surface area contributed by atoms with Gasteiger partial charge in [-0.15, -0.1) is 0 Å². The molecular formula is C22H24N2O4. The highest BCUT2D eigenvalue weighted by molar-refractivity contribution is 5.81. The summed E-state index contributed by atoms with van der Waals surface area (Å²) in [5.41, 5.74) is 2.17. The summed E-state index contributed by atoms with van der Waals surface area (Å²) in [4.78, 5) is 26.7. The van der Waals surface area contributed by atoms with Gasteiger partial charge in [-0.3, -0.25) is 9.59 Å². The summed E-state index contributed by atoms with van der Waals surface area (Å²) in [7, 11) is 0. The Bertz CT molecular complexity index is 853. The van der Waals surface area contributed by atoms with Gasteiger partial charge in [-0.2, -0.15) is 0 Å². The first-order chi connectivity index (χ1) is 13.6. The van der Waals surface area contributed by atoms with Crippen LogP contribution in [-0.4, -0.2) is 47.6 Å². The predicted molar refractivity (Wildman–Crippen MR) is 103 cm³/mol. The molecule has 2 saturated heterocycles. The van der Waals surface area contributed by atoms with Gasteiger partial charge in [0.2, 0.25) is 11.8 Å². The highest BCUT2D eigenvalue weighted by Crippen LogP contribution is 2.37. The summed E-state index contributed by atoms with van der Waals surface area (Å²) < 4.78 is 5.88. The molecule has 2 amide bonds. The number of fused-ring (bicyclic) bond motifs is 1. The van der Waals surface area contributed by atoms with Gasteiger partial charge in [0.25, 0.3) is 0 Å². The van der Waals surface area contributed by atoms with Gasteiger partial charge in [-0.05, 0) is 23.1 Å². The summed E-state index contributed by atoms with van der Waals surface area (Å²) in [6.07, 6.45) is 0.646. The van der Waals surface area contributed by atoms with E-state index in [1.165, 1.54) is 0 Å². The highest BCUT2D eigenvalue weighted by Gasteiger charge is 2.49. The third-order valence-electron chi connectivity index (χ3n) is 5.69. The number of aliphatic hydroxyl groups is 1. The molecule has 28 heavy (non-hydrogen) atoms. The zero-order valence-corrected chi connectivity index (χ0v) is 15.6. The molecule has 2 fully saturated rings. The molecule has 4 rings (SSSR count). The van der Waals surface area contributed by atoms with E-state index in [-0.39, 0.29) is 31.1 Å². The van der Waals surface area contributed by atoms with Crippen molar-refractivity contribution in [2.45, 2.75) is 31.1 Å². The number of morpholine rings is 1. The molecule has 0 aliphatic carbocycles. The first-order valence-electron chi connectivity index (χ1n) is 9.55. The number of carbonyl (C=O) groups is 2. The zero-order valence-electron chi connectivity index (χ0n) is 15.6. The minimum Gasteiger partial charge on any atom is -0.392 e. The molecule has 0 bridgehead atoms. The van der Waals surface area contributed by atoms with E-state index in [0.717, 1.165) is 16.7 Å². The fourth-order valence-corrected chi connectivity index (χ4v) is 4.13. The largest absolute Gasteiger partial charge is 0.392 e. The average Bonchev–Trinajstić information content (AvgIpc) is 2.74. The first kappa shape index (κ1) is 18.7. The summed E-state index contributed by atoms with van der Waals surface area (Å²) >= 11 is 0. The number of aliphatic hydroxyl groups excluding tert-OH is 1. The maximum atomic E-state index is 12.8. The van der Waals surface area contributed by atoms with Crippen molar-refractivity contribution in [2.75, 3.05) is 19.7 Å². The Balaban J connectivity index is 1.50. The van der Waals surface area contributed by atoms with E-state index in [1.54, 1.807) is 0 Å². The van der Waals surface area contributed by atoms with Crippen molar-refractivity contribution >= 4 is 11.8 Å². The quantitative estimate of drug-likeness (QED) is 0.840. The van der Waals surface area contributed by atoms with Gasteiger partial charge >= 0.3 is 0 Å². The van der Waals surface area contributed by atoms with E-state index in [1.807, 2.05) is 59.5 Å². The third kappa shape index (κ3) is 3.53. The minimum atomic E-state index is -0.587. The molecule has 0 saturated carbocycles. The van der Waals surface area contributed by atoms with Gasteiger partial charge in [0.15, 0.2) is 0 Å². The standard InChI is InChI=1S/C22H24N2O4/c25-14-17-8-6-16(7-9-17)12-21(27)24-11-10-22(18-4-2-1-3-5-18)19(13-24)28-15-20(26)23-22/h1-9,19,25H,10-15H2,(H,23,26)/t19-,22+/m1/s1. The van der Waals surface area contributed by atoms with E-state index in [4.69, 9.17) is 9.84 Å². The second-order valence-electron chi connectivity index (χ2n) is 7.43. The summed E-state index contributed by atoms with van der Waals surface area (Å²) in [5.74, 6) is -0.0808. The number of ether oxygens (including phenoxy) is 1. The van der Waals surface area contributed by atoms with Gasteiger partial charge < -0.3 is 20.1 Å². The van der Waals surface area contributed by atoms with Crippen LogP contribution in [-0.2, 0) is 32.9 Å². The van der Waals surface area contributed by atoms with Gasteiger partial charge in [-0.1, -0.05) is 54.6 Å². The van der Waals surface area contributed by atoms with Crippen LogP contribution < -0.4 is 5.32 Å². The van der Waals surface area contributed by atoms with Crippen LogP contribution in [0, 0.1) is 0 Å². The van der Waals surface area contributed by atoms with Crippen molar-refractivity contribution in [1.82, 2.24) is 10.2 Å².